The molecule has 4 aromatic heterocycles. The molecule has 0 spiro atoms. The van der Waals surface area contributed by atoms with E-state index in [2.05, 4.69) is 89.5 Å². The molecule has 5 rings (SSSR count). The van der Waals surface area contributed by atoms with Crippen LogP contribution in [0.5, 0.6) is 11.5 Å². The summed E-state index contributed by atoms with van der Waals surface area (Å²) < 4.78 is 15.3. The van der Waals surface area contributed by atoms with E-state index in [0.29, 0.717) is 35.5 Å². The Bertz CT molecular complexity index is 1380. The first kappa shape index (κ1) is 31.1. The number of pyridine rings is 2. The molecule has 1 aliphatic heterocycles. The number of fused-ring (bicyclic) bond motifs is 1. The van der Waals surface area contributed by atoms with Crippen LogP contribution in [0.4, 0.5) is 17.5 Å². The highest BCUT2D eigenvalue weighted by Gasteiger charge is 2.26. The van der Waals surface area contributed by atoms with Crippen molar-refractivity contribution in [1.82, 2.24) is 24.4 Å². The van der Waals surface area contributed by atoms with Crippen LogP contribution in [-0.4, -0.2) is 44.0 Å². The van der Waals surface area contributed by atoms with Crippen molar-refractivity contribution in [1.29, 1.82) is 0 Å². The van der Waals surface area contributed by atoms with E-state index in [0.717, 1.165) is 36.7 Å². The van der Waals surface area contributed by atoms with Crippen LogP contribution in [-0.2, 0) is 21.5 Å². The van der Waals surface area contributed by atoms with Crippen LogP contribution in [0.2, 0.25) is 0 Å². The summed E-state index contributed by atoms with van der Waals surface area (Å²) in [6, 6.07) is 9.34. The summed E-state index contributed by atoms with van der Waals surface area (Å²) in [4.78, 5) is 14.8. The largest absolute Gasteiger partial charge is 0.457 e. The third kappa shape index (κ3) is 7.81. The van der Waals surface area contributed by atoms with Crippen molar-refractivity contribution in [3.05, 3.63) is 54.0 Å². The quantitative estimate of drug-likeness (QED) is 0.146. The molecule has 12 heteroatoms. The molecular weight excluding hydrogens is 724 g/mol. The lowest BCUT2D eigenvalue weighted by atomic mass is 9.92. The molecule has 2 N–H and O–H groups in total. The Morgan fingerprint density at radius 1 is 1.10 bits per heavy atom. The predicted molar refractivity (Wildman–Crippen MR) is 172 cm³/mol. The lowest BCUT2D eigenvalue weighted by molar-refractivity contribution is -0.105. The summed E-state index contributed by atoms with van der Waals surface area (Å²) in [5.41, 5.74) is 2.98. The van der Waals surface area contributed by atoms with Gasteiger partial charge in [0.1, 0.15) is 17.3 Å². The van der Waals surface area contributed by atoms with Gasteiger partial charge < -0.3 is 20.1 Å². The lowest BCUT2D eigenvalue weighted by Gasteiger charge is -2.28. The minimum atomic E-state index is -0.0344. The van der Waals surface area contributed by atoms with Gasteiger partial charge in [-0.2, -0.15) is 10.2 Å². The number of nitrogens with one attached hydrogen (secondary N) is 2. The van der Waals surface area contributed by atoms with Crippen LogP contribution >= 0.6 is 37.2 Å². The van der Waals surface area contributed by atoms with Gasteiger partial charge >= 0.3 is 0 Å². The van der Waals surface area contributed by atoms with E-state index in [4.69, 9.17) is 14.6 Å². The number of hydrogen-bond donors (Lipinski definition) is 2. The Morgan fingerprint density at radius 2 is 1.82 bits per heavy atom. The number of hydrogen-bond acceptors (Lipinski definition) is 7. The first-order valence-corrected chi connectivity index (χ1v) is 19.0. The number of aryl methyl sites for hydroxylation is 1. The molecule has 39 heavy (non-hydrogen) atoms. The highest BCUT2D eigenvalue weighted by Crippen LogP contribution is 2.31. The van der Waals surface area contributed by atoms with Crippen molar-refractivity contribution in [2.24, 2.45) is 5.92 Å². The second-order valence-electron chi connectivity index (χ2n) is 9.78. The zero-order chi connectivity index (χ0) is 28.6. The second-order valence-corrected chi connectivity index (χ2v) is 9.78. The van der Waals surface area contributed by atoms with Gasteiger partial charge in [-0.05, 0) is 19.1 Å². The Morgan fingerprint density at radius 3 is 2.46 bits per heavy atom. The number of amides is 1. The third-order valence-electron chi connectivity index (χ3n) is 5.97. The van der Waals surface area contributed by atoms with E-state index >= 15 is 0 Å². The van der Waals surface area contributed by atoms with Crippen molar-refractivity contribution in [3.8, 4) is 11.5 Å². The van der Waals surface area contributed by atoms with E-state index in [1.165, 1.54) is 5.69 Å². The number of rotatable bonds is 8. The van der Waals surface area contributed by atoms with Gasteiger partial charge in [0, 0.05) is 97.0 Å². The summed E-state index contributed by atoms with van der Waals surface area (Å²) in [6.45, 7) is 15.0. The topological polar surface area (TPSA) is 108 Å². The molecule has 0 saturated carbocycles. The van der Waals surface area contributed by atoms with E-state index in [9.17, 15) is 4.79 Å². The molecule has 1 amide bonds. The molecule has 4 aromatic rings. The van der Waals surface area contributed by atoms with E-state index in [1.807, 2.05) is 43.6 Å². The maximum absolute atomic E-state index is 10.7. The zero-order valence-electron chi connectivity index (χ0n) is 23.0. The molecule has 0 atom stereocenters. The van der Waals surface area contributed by atoms with Gasteiger partial charge in [-0.15, -0.1) is 0 Å². The monoisotopic (exact) mass is 759 g/mol. The van der Waals surface area contributed by atoms with Crippen molar-refractivity contribution in [2.75, 3.05) is 23.8 Å². The number of anilines is 3. The molecule has 1 aliphatic rings. The fourth-order valence-corrected chi connectivity index (χ4v) is 4.08. The Balaban J connectivity index is 0.00000100. The van der Waals surface area contributed by atoms with Gasteiger partial charge in [-0.1, -0.05) is 34.6 Å². The fraction of sp³-hybridized carbons (Fsp3) is 0.407. The average Bonchev–Trinajstić information content (AvgIpc) is 3.50. The van der Waals surface area contributed by atoms with Crippen LogP contribution in [0.25, 0.3) is 5.52 Å². The molecule has 0 radical (unpaired) electrons. The van der Waals surface area contributed by atoms with Crippen LogP contribution in [0.15, 0.2) is 42.7 Å². The van der Waals surface area contributed by atoms with Crippen molar-refractivity contribution in [3.63, 3.8) is 0 Å². The molecule has 5 heterocycles. The summed E-state index contributed by atoms with van der Waals surface area (Å²) in [6.07, 6.45) is 4.02. The van der Waals surface area contributed by atoms with Crippen LogP contribution in [0.3, 0.4) is 0 Å². The van der Waals surface area contributed by atoms with Crippen LogP contribution < -0.4 is 15.4 Å². The zero-order valence-corrected chi connectivity index (χ0v) is 27.3. The first-order valence-electron chi connectivity index (χ1n) is 12.7. The smallest absolute Gasteiger partial charge is 0.212 e. The maximum Gasteiger partial charge on any atom is 0.212 e. The first-order chi connectivity index (χ1) is 18.8. The summed E-state index contributed by atoms with van der Waals surface area (Å²) in [5, 5.41) is 15.4. The van der Waals surface area contributed by atoms with E-state index in [-0.39, 0.29) is 5.41 Å². The summed E-state index contributed by atoms with van der Waals surface area (Å²) in [5.74, 6) is 3.65. The predicted octanol–water partition coefficient (Wildman–Crippen LogP) is 7.08. The Labute approximate surface area is 252 Å². The minimum Gasteiger partial charge on any atom is -0.457 e. The number of halogens is 2. The van der Waals surface area contributed by atoms with E-state index < -0.39 is 0 Å². The van der Waals surface area contributed by atoms with Gasteiger partial charge in [0.25, 0.3) is 0 Å². The number of nitrogens with zero attached hydrogens (tertiary/aromatic N) is 5. The number of aromatic nitrogens is 5. The molecule has 0 unspecified atom stereocenters. The normalized spacial score (nSPS) is 12.9. The molecule has 0 aliphatic carbocycles. The lowest BCUT2D eigenvalue weighted by Crippen LogP contribution is -2.33. The minimum absolute atomic E-state index is 0.0344. The summed E-state index contributed by atoms with van der Waals surface area (Å²) in [7, 11) is 0. The highest BCUT2D eigenvalue weighted by atomic mass is 128. The maximum atomic E-state index is 10.7. The molecule has 1 fully saturated rings. The fourth-order valence-electron chi connectivity index (χ4n) is 4.08. The van der Waals surface area contributed by atoms with Crippen molar-refractivity contribution >= 4 is 66.6 Å². The van der Waals surface area contributed by atoms with Gasteiger partial charge in [0.15, 0.2) is 11.6 Å². The van der Waals surface area contributed by atoms with Crippen molar-refractivity contribution < 1.29 is 14.3 Å². The molecule has 0 bridgehead atoms. The number of carbonyl (C=O) groups is 1. The average molecular weight is 759 g/mol. The molecule has 210 valence electrons. The molecule has 1 saturated heterocycles. The van der Waals surface area contributed by atoms with Gasteiger partial charge in [0.05, 0.1) is 18.7 Å². The molecular formula is C27H35I2N7O3. The van der Waals surface area contributed by atoms with E-state index in [1.54, 1.807) is 18.3 Å². The van der Waals surface area contributed by atoms with Crippen LogP contribution in [0.1, 0.15) is 45.9 Å². The molecule has 0 aromatic carbocycles. The summed E-state index contributed by atoms with van der Waals surface area (Å²) >= 11 is 4.24. The Hall–Kier alpha value is -2.46. The molecule has 10 nitrogen and oxygen atoms in total. The standard InChI is InChI=1S/C25H29N7O3.C2H6.I2/c1-16-19-10-23(28-24-11-21(25(2,3)4)32(30-24)12-17-13-34-14-17)29-31(19)8-6-20(16)35-18-5-7-26-22(9-18)27-15-33;2*1-2/h5-11,15,17H,12-14H2,1-4H3,(H,26,27,33)(H,28,29,30);1-2H3;. The van der Waals surface area contributed by atoms with Crippen molar-refractivity contribution in [2.45, 2.75) is 53.5 Å². The van der Waals surface area contributed by atoms with Gasteiger partial charge in [0.2, 0.25) is 6.41 Å². The van der Waals surface area contributed by atoms with Gasteiger partial charge in [-0.3, -0.25) is 9.48 Å². The second kappa shape index (κ2) is 14.3. The SMILES string of the molecule is CC.Cc1c(Oc2ccnc(NC=O)c2)ccn2nc(Nc3cc(C(C)(C)C)n(CC4COC4)n3)cc12.II. The Kier molecular flexibility index (Phi) is 11.4. The number of carbonyl (C=O) groups excluding carboxylic acids is 1. The van der Waals surface area contributed by atoms with Gasteiger partial charge in [-0.25, -0.2) is 9.50 Å². The highest BCUT2D eigenvalue weighted by molar-refractivity contribution is 15.0. The number of ether oxygens (including phenoxy) is 2. The third-order valence-corrected chi connectivity index (χ3v) is 5.97. The van der Waals surface area contributed by atoms with Crippen LogP contribution in [0, 0.1) is 12.8 Å².